The smallest absolute Gasteiger partial charge is 0.278 e. The molecule has 5 rings (SSSR count). The largest absolute Gasteiger partial charge is 0.394 e. The van der Waals surface area contributed by atoms with Crippen molar-refractivity contribution in [3.8, 4) is 17.6 Å². The van der Waals surface area contributed by atoms with E-state index in [4.69, 9.17) is 16.1 Å². The van der Waals surface area contributed by atoms with Gasteiger partial charge in [0.25, 0.3) is 11.4 Å². The van der Waals surface area contributed by atoms with Crippen LogP contribution in [0.3, 0.4) is 0 Å². The maximum atomic E-state index is 13.6. The van der Waals surface area contributed by atoms with Crippen molar-refractivity contribution in [2.24, 2.45) is 0 Å². The summed E-state index contributed by atoms with van der Waals surface area (Å²) in [5.41, 5.74) is -0.372. The summed E-state index contributed by atoms with van der Waals surface area (Å²) in [4.78, 5) is 22.3. The van der Waals surface area contributed by atoms with Crippen molar-refractivity contribution in [1.29, 1.82) is 5.26 Å². The number of aliphatic hydroxyl groups excluding tert-OH is 1. The first-order valence-electron chi connectivity index (χ1n) is 10.2. The first-order valence-corrected chi connectivity index (χ1v) is 10.6. The van der Waals surface area contributed by atoms with Gasteiger partial charge in [-0.15, -0.1) is 0 Å². The van der Waals surface area contributed by atoms with Gasteiger partial charge in [0.1, 0.15) is 29.2 Å². The summed E-state index contributed by atoms with van der Waals surface area (Å²) in [6.07, 6.45) is 4.23. The van der Waals surface area contributed by atoms with Crippen LogP contribution in [-0.2, 0) is 5.60 Å². The Bertz CT molecular complexity index is 1460. The molecule has 4 aromatic rings. The molecule has 164 valence electrons. The Morgan fingerprint density at radius 3 is 2.78 bits per heavy atom. The molecule has 1 aliphatic rings. The SMILES string of the molecule is CC(CO)n1c(=O)c2c(-c3noc(C4(O)CCCC4)n3)ncn2c2ccc(Cl)c(C#N)c21. The van der Waals surface area contributed by atoms with Crippen molar-refractivity contribution in [3.63, 3.8) is 0 Å². The number of nitriles is 1. The van der Waals surface area contributed by atoms with Gasteiger partial charge in [0.05, 0.1) is 34.3 Å². The fourth-order valence-electron chi connectivity index (χ4n) is 4.40. The molecule has 0 aliphatic heterocycles. The molecule has 0 bridgehead atoms. The summed E-state index contributed by atoms with van der Waals surface area (Å²) in [6.45, 7) is 1.34. The van der Waals surface area contributed by atoms with Crippen LogP contribution in [-0.4, -0.2) is 40.9 Å². The molecular weight excluding hydrogens is 436 g/mol. The third-order valence-electron chi connectivity index (χ3n) is 6.08. The van der Waals surface area contributed by atoms with E-state index in [0.717, 1.165) is 12.8 Å². The van der Waals surface area contributed by atoms with E-state index in [1.54, 1.807) is 23.5 Å². The molecule has 1 fully saturated rings. The molecule has 0 saturated heterocycles. The van der Waals surface area contributed by atoms with Crippen LogP contribution in [0.15, 0.2) is 27.8 Å². The Kier molecular flexibility index (Phi) is 4.78. The zero-order valence-electron chi connectivity index (χ0n) is 17.1. The summed E-state index contributed by atoms with van der Waals surface area (Å²) in [7, 11) is 0. The van der Waals surface area contributed by atoms with E-state index in [1.807, 2.05) is 0 Å². The molecule has 1 atom stereocenters. The maximum Gasteiger partial charge on any atom is 0.278 e. The van der Waals surface area contributed by atoms with Crippen molar-refractivity contribution in [3.05, 3.63) is 45.3 Å². The fraction of sp³-hybridized carbons (Fsp3) is 0.381. The summed E-state index contributed by atoms with van der Waals surface area (Å²) in [5.74, 6) is 0.187. The minimum absolute atomic E-state index is 0.0805. The van der Waals surface area contributed by atoms with Crippen LogP contribution in [0.1, 0.15) is 50.1 Å². The van der Waals surface area contributed by atoms with E-state index >= 15 is 0 Å². The zero-order valence-corrected chi connectivity index (χ0v) is 17.9. The molecule has 11 heteroatoms. The normalized spacial score (nSPS) is 16.6. The highest BCUT2D eigenvalue weighted by molar-refractivity contribution is 6.32. The van der Waals surface area contributed by atoms with Crippen LogP contribution >= 0.6 is 11.6 Å². The van der Waals surface area contributed by atoms with Gasteiger partial charge in [0.2, 0.25) is 5.82 Å². The second kappa shape index (κ2) is 7.41. The number of aliphatic hydroxyl groups is 2. The Morgan fingerprint density at radius 1 is 1.34 bits per heavy atom. The molecule has 3 aromatic heterocycles. The highest BCUT2D eigenvalue weighted by Gasteiger charge is 2.39. The molecule has 2 N–H and O–H groups in total. The maximum absolute atomic E-state index is 13.6. The van der Waals surface area contributed by atoms with Crippen molar-refractivity contribution in [2.45, 2.75) is 44.2 Å². The van der Waals surface area contributed by atoms with E-state index in [2.05, 4.69) is 21.2 Å². The first kappa shape index (κ1) is 20.6. The lowest BCUT2D eigenvalue weighted by Gasteiger charge is -2.18. The minimum atomic E-state index is -1.17. The van der Waals surface area contributed by atoms with E-state index in [-0.39, 0.29) is 40.1 Å². The van der Waals surface area contributed by atoms with Crippen molar-refractivity contribution in [2.75, 3.05) is 6.61 Å². The monoisotopic (exact) mass is 454 g/mol. The van der Waals surface area contributed by atoms with Gasteiger partial charge in [-0.1, -0.05) is 16.8 Å². The first-order chi connectivity index (χ1) is 15.4. The molecular formula is C21H19ClN6O4. The number of hydrogen-bond acceptors (Lipinski definition) is 8. The minimum Gasteiger partial charge on any atom is -0.394 e. The Morgan fingerprint density at radius 2 is 2.09 bits per heavy atom. The lowest BCUT2D eigenvalue weighted by atomic mass is 10.0. The molecule has 1 aliphatic carbocycles. The Balaban J connectivity index is 1.82. The van der Waals surface area contributed by atoms with Gasteiger partial charge in [0, 0.05) is 0 Å². The lowest BCUT2D eigenvalue weighted by molar-refractivity contribution is 0.0112. The highest BCUT2D eigenvalue weighted by Crippen LogP contribution is 2.38. The predicted molar refractivity (Wildman–Crippen MR) is 114 cm³/mol. The molecule has 1 unspecified atom stereocenters. The van der Waals surface area contributed by atoms with E-state index in [1.165, 1.54) is 10.9 Å². The standard InChI is InChI=1S/C21H19ClN6O4/c1-11(9-29)28-16-12(8-23)13(22)4-5-14(16)27-10-24-15(17(27)19(28)30)18-25-20(32-26-18)21(31)6-2-3-7-21/h4-5,10-11,29,31H,2-3,6-7,9H2,1H3. The van der Waals surface area contributed by atoms with Gasteiger partial charge in [-0.2, -0.15) is 10.2 Å². The van der Waals surface area contributed by atoms with Gasteiger partial charge < -0.3 is 14.7 Å². The average molecular weight is 455 g/mol. The number of aromatic nitrogens is 5. The van der Waals surface area contributed by atoms with Crippen molar-refractivity contribution >= 4 is 28.2 Å². The number of fused-ring (bicyclic) bond motifs is 3. The molecule has 0 radical (unpaired) electrons. The van der Waals surface area contributed by atoms with Gasteiger partial charge >= 0.3 is 0 Å². The topological polar surface area (TPSA) is 142 Å². The van der Waals surface area contributed by atoms with E-state index in [0.29, 0.717) is 23.9 Å². The van der Waals surface area contributed by atoms with Gasteiger partial charge in [-0.05, 0) is 44.7 Å². The summed E-state index contributed by atoms with van der Waals surface area (Å²) in [6, 6.07) is 4.67. The van der Waals surface area contributed by atoms with E-state index in [9.17, 15) is 20.3 Å². The fourth-order valence-corrected chi connectivity index (χ4v) is 4.59. The predicted octanol–water partition coefficient (Wildman–Crippen LogP) is 2.54. The zero-order chi connectivity index (χ0) is 22.6. The van der Waals surface area contributed by atoms with Crippen LogP contribution in [0, 0.1) is 11.3 Å². The van der Waals surface area contributed by atoms with E-state index < -0.39 is 17.2 Å². The lowest BCUT2D eigenvalue weighted by Crippen LogP contribution is -2.28. The molecule has 3 heterocycles. The van der Waals surface area contributed by atoms with Gasteiger partial charge in [0.15, 0.2) is 0 Å². The Hall–Kier alpha value is -3.26. The number of imidazole rings is 1. The number of benzene rings is 1. The second-order valence-electron chi connectivity index (χ2n) is 8.08. The molecule has 10 nitrogen and oxygen atoms in total. The number of nitrogens with zero attached hydrogens (tertiary/aromatic N) is 6. The molecule has 0 amide bonds. The molecule has 1 aromatic carbocycles. The quantitative estimate of drug-likeness (QED) is 0.479. The highest BCUT2D eigenvalue weighted by atomic mass is 35.5. The summed E-state index contributed by atoms with van der Waals surface area (Å²) >= 11 is 6.22. The molecule has 0 spiro atoms. The van der Waals surface area contributed by atoms with Crippen molar-refractivity contribution in [1.82, 2.24) is 24.1 Å². The van der Waals surface area contributed by atoms with Crippen LogP contribution in [0.4, 0.5) is 0 Å². The number of hydrogen-bond donors (Lipinski definition) is 2. The van der Waals surface area contributed by atoms with Crippen LogP contribution in [0.5, 0.6) is 0 Å². The molecule has 32 heavy (non-hydrogen) atoms. The van der Waals surface area contributed by atoms with Crippen LogP contribution in [0.25, 0.3) is 28.1 Å². The number of halogens is 1. The number of rotatable bonds is 4. The Labute approximate surface area is 186 Å². The van der Waals surface area contributed by atoms with Crippen LogP contribution < -0.4 is 5.56 Å². The van der Waals surface area contributed by atoms with Crippen molar-refractivity contribution < 1.29 is 14.7 Å². The third kappa shape index (κ3) is 2.86. The average Bonchev–Trinajstić information content (AvgIpc) is 3.53. The van der Waals surface area contributed by atoms with Crippen LogP contribution in [0.2, 0.25) is 5.02 Å². The molecule has 1 saturated carbocycles. The van der Waals surface area contributed by atoms with Gasteiger partial charge in [-0.25, -0.2) is 4.98 Å². The van der Waals surface area contributed by atoms with Gasteiger partial charge in [-0.3, -0.25) is 13.8 Å². The summed E-state index contributed by atoms with van der Waals surface area (Å²) < 4.78 is 8.22. The summed E-state index contributed by atoms with van der Waals surface area (Å²) in [5, 5.41) is 34.4. The third-order valence-corrected chi connectivity index (χ3v) is 6.39. The second-order valence-corrected chi connectivity index (χ2v) is 8.49.